The molecule has 0 radical (unpaired) electrons. The zero-order valence-corrected chi connectivity index (χ0v) is 18.7. The molecule has 0 aromatic heterocycles. The summed E-state index contributed by atoms with van der Waals surface area (Å²) in [7, 11) is 0. The first-order chi connectivity index (χ1) is 15.1. The van der Waals surface area contributed by atoms with E-state index in [-0.39, 0.29) is 11.8 Å². The fourth-order valence-electron chi connectivity index (χ4n) is 4.33. The van der Waals surface area contributed by atoms with Crippen LogP contribution in [0, 0.1) is 0 Å². The Morgan fingerprint density at radius 3 is 1.97 bits per heavy atom. The summed E-state index contributed by atoms with van der Waals surface area (Å²) in [5.41, 5.74) is 2.66. The molecule has 0 bridgehead atoms. The molecule has 6 nitrogen and oxygen atoms in total. The number of benzene rings is 2. The molecule has 1 atom stereocenters. The van der Waals surface area contributed by atoms with Crippen molar-refractivity contribution < 1.29 is 19.4 Å². The summed E-state index contributed by atoms with van der Waals surface area (Å²) < 4.78 is 0. The van der Waals surface area contributed by atoms with E-state index in [1.165, 1.54) is 20.9 Å². The Hall–Kier alpha value is -2.70. The largest absolute Gasteiger partial charge is 0.354 e. The lowest BCUT2D eigenvalue weighted by Crippen LogP contribution is -3.28. The summed E-state index contributed by atoms with van der Waals surface area (Å²) in [6.45, 7) is 8.69. The molecule has 4 N–H and O–H groups in total. The van der Waals surface area contributed by atoms with E-state index in [0.717, 1.165) is 32.6 Å². The minimum Gasteiger partial charge on any atom is -0.354 e. The van der Waals surface area contributed by atoms with Gasteiger partial charge in [-0.15, -0.1) is 0 Å². The van der Waals surface area contributed by atoms with Gasteiger partial charge in [-0.3, -0.25) is 9.59 Å². The van der Waals surface area contributed by atoms with Crippen molar-refractivity contribution in [3.05, 3.63) is 71.8 Å². The van der Waals surface area contributed by atoms with Gasteiger partial charge in [0.05, 0.1) is 0 Å². The number of amides is 2. The summed E-state index contributed by atoms with van der Waals surface area (Å²) in [6.07, 6.45) is 0.885. The molecule has 1 saturated heterocycles. The highest BCUT2D eigenvalue weighted by Gasteiger charge is 2.32. The molecule has 3 rings (SSSR count). The zero-order valence-electron chi connectivity index (χ0n) is 18.7. The summed E-state index contributed by atoms with van der Waals surface area (Å²) in [5, 5.41) is 5.67. The molecule has 0 saturated carbocycles. The highest BCUT2D eigenvalue weighted by Crippen LogP contribution is 2.18. The minimum absolute atomic E-state index is 0.0553. The molecule has 2 aromatic carbocycles. The van der Waals surface area contributed by atoms with Gasteiger partial charge in [0.1, 0.15) is 38.3 Å². The zero-order chi connectivity index (χ0) is 22.1. The number of rotatable bonds is 9. The van der Waals surface area contributed by atoms with E-state index in [0.29, 0.717) is 19.1 Å². The van der Waals surface area contributed by atoms with Gasteiger partial charge in [0.25, 0.3) is 5.91 Å². The average molecular weight is 425 g/mol. The molecule has 0 unspecified atom stereocenters. The molecule has 0 aliphatic carbocycles. The van der Waals surface area contributed by atoms with Gasteiger partial charge in [-0.25, -0.2) is 0 Å². The molecule has 31 heavy (non-hydrogen) atoms. The molecule has 6 heteroatoms. The Morgan fingerprint density at radius 2 is 1.45 bits per heavy atom. The number of hydrogen-bond acceptors (Lipinski definition) is 2. The highest BCUT2D eigenvalue weighted by atomic mass is 16.2. The fraction of sp³-hybridized carbons (Fsp3) is 0.440. The third kappa shape index (κ3) is 6.64. The number of nitrogens with one attached hydrogen (secondary N) is 4. The van der Waals surface area contributed by atoms with Crippen molar-refractivity contribution in [2.75, 3.05) is 39.3 Å². The van der Waals surface area contributed by atoms with Crippen molar-refractivity contribution in [2.24, 2.45) is 0 Å². The first kappa shape index (κ1) is 23.0. The standard InChI is InChI=1S/C25H34N4O2/c1-3-14-26-25(31)20(2)27-23(30)19-28-15-17-29(18-16-28)24(21-10-6-4-7-11-21)22-12-8-5-9-13-22/h4-13,20,24H,3,14-19H2,1-2H3,(H,26,31)(H,27,30)/p+2/t20-/m1/s1. The van der Waals surface area contributed by atoms with Crippen LogP contribution >= 0.6 is 0 Å². The van der Waals surface area contributed by atoms with E-state index in [9.17, 15) is 9.59 Å². The molecule has 166 valence electrons. The van der Waals surface area contributed by atoms with Crippen LogP contribution in [0.3, 0.4) is 0 Å². The lowest BCUT2D eigenvalue weighted by atomic mass is 9.96. The number of hydrogen-bond donors (Lipinski definition) is 4. The summed E-state index contributed by atoms with van der Waals surface area (Å²) >= 11 is 0. The Labute approximate surface area is 185 Å². The van der Waals surface area contributed by atoms with E-state index in [1.54, 1.807) is 6.92 Å². The van der Waals surface area contributed by atoms with Crippen LogP contribution in [0.5, 0.6) is 0 Å². The highest BCUT2D eigenvalue weighted by molar-refractivity contribution is 5.87. The first-order valence-electron chi connectivity index (χ1n) is 11.4. The maximum absolute atomic E-state index is 12.4. The third-order valence-electron chi connectivity index (χ3n) is 6.00. The van der Waals surface area contributed by atoms with Crippen LogP contribution in [-0.4, -0.2) is 57.1 Å². The van der Waals surface area contributed by atoms with Crippen LogP contribution in [0.15, 0.2) is 60.7 Å². The normalized spacial score (nSPS) is 19.6. The van der Waals surface area contributed by atoms with E-state index in [4.69, 9.17) is 0 Å². The first-order valence-corrected chi connectivity index (χ1v) is 11.4. The van der Waals surface area contributed by atoms with Gasteiger partial charge >= 0.3 is 0 Å². The lowest BCUT2D eigenvalue weighted by Gasteiger charge is -2.35. The second-order valence-corrected chi connectivity index (χ2v) is 8.42. The van der Waals surface area contributed by atoms with Gasteiger partial charge in [-0.05, 0) is 13.3 Å². The molecule has 1 heterocycles. The van der Waals surface area contributed by atoms with Crippen molar-refractivity contribution >= 4 is 11.8 Å². The molecule has 1 aliphatic rings. The van der Waals surface area contributed by atoms with Gasteiger partial charge in [0.2, 0.25) is 5.91 Å². The Balaban J connectivity index is 1.55. The number of carbonyl (C=O) groups is 2. The molecule has 2 amide bonds. The predicted molar refractivity (Wildman–Crippen MR) is 122 cm³/mol. The average Bonchev–Trinajstić information content (AvgIpc) is 2.80. The smallest absolute Gasteiger partial charge is 0.275 e. The van der Waals surface area contributed by atoms with Gasteiger partial charge in [-0.1, -0.05) is 67.6 Å². The maximum atomic E-state index is 12.4. The Bertz CT molecular complexity index is 780. The van der Waals surface area contributed by atoms with Crippen LogP contribution in [0.1, 0.15) is 37.4 Å². The van der Waals surface area contributed by atoms with Gasteiger partial charge < -0.3 is 20.4 Å². The van der Waals surface area contributed by atoms with Gasteiger partial charge in [0.15, 0.2) is 6.54 Å². The number of carbonyl (C=O) groups excluding carboxylic acids is 2. The van der Waals surface area contributed by atoms with E-state index < -0.39 is 6.04 Å². The lowest BCUT2D eigenvalue weighted by molar-refractivity contribution is -1.02. The molecule has 1 aliphatic heterocycles. The quantitative estimate of drug-likeness (QED) is 0.442. The summed E-state index contributed by atoms with van der Waals surface area (Å²) in [6, 6.07) is 21.2. The fourth-order valence-corrected chi connectivity index (χ4v) is 4.33. The van der Waals surface area contributed by atoms with Crippen molar-refractivity contribution in [3.63, 3.8) is 0 Å². The third-order valence-corrected chi connectivity index (χ3v) is 6.00. The SMILES string of the molecule is CCCNC(=O)[C@@H](C)NC(=O)C[NH+]1CC[NH+](C(c2ccccc2)c2ccccc2)CC1. The summed E-state index contributed by atoms with van der Waals surface area (Å²) in [5.74, 6) is -0.173. The molecular weight excluding hydrogens is 388 g/mol. The number of quaternary nitrogens is 2. The predicted octanol–water partition coefficient (Wildman–Crippen LogP) is -0.410. The second kappa shape index (κ2) is 11.6. The Morgan fingerprint density at radius 1 is 0.903 bits per heavy atom. The molecule has 0 spiro atoms. The van der Waals surface area contributed by atoms with Gasteiger partial charge in [-0.2, -0.15) is 0 Å². The Kier molecular flexibility index (Phi) is 8.62. The monoisotopic (exact) mass is 424 g/mol. The van der Waals surface area contributed by atoms with Crippen molar-refractivity contribution in [2.45, 2.75) is 32.4 Å². The molecular formula is C25H36N4O2+2. The maximum Gasteiger partial charge on any atom is 0.275 e. The van der Waals surface area contributed by atoms with E-state index in [2.05, 4.69) is 71.3 Å². The van der Waals surface area contributed by atoms with Crippen LogP contribution in [0.4, 0.5) is 0 Å². The van der Waals surface area contributed by atoms with E-state index in [1.807, 2.05) is 6.92 Å². The van der Waals surface area contributed by atoms with Crippen LogP contribution in [0.2, 0.25) is 0 Å². The number of piperazine rings is 1. The van der Waals surface area contributed by atoms with Crippen molar-refractivity contribution in [1.29, 1.82) is 0 Å². The van der Waals surface area contributed by atoms with Crippen LogP contribution in [0.25, 0.3) is 0 Å². The minimum atomic E-state index is -0.495. The van der Waals surface area contributed by atoms with Crippen LogP contribution < -0.4 is 20.4 Å². The van der Waals surface area contributed by atoms with Crippen LogP contribution in [-0.2, 0) is 9.59 Å². The topological polar surface area (TPSA) is 67.1 Å². The van der Waals surface area contributed by atoms with Gasteiger partial charge in [0, 0.05) is 17.7 Å². The van der Waals surface area contributed by atoms with Crippen molar-refractivity contribution in [3.8, 4) is 0 Å². The van der Waals surface area contributed by atoms with E-state index >= 15 is 0 Å². The van der Waals surface area contributed by atoms with Crippen molar-refractivity contribution in [1.82, 2.24) is 10.6 Å². The molecule has 2 aromatic rings. The second-order valence-electron chi connectivity index (χ2n) is 8.42. The summed E-state index contributed by atoms with van der Waals surface area (Å²) in [4.78, 5) is 27.2. The molecule has 1 fully saturated rings.